The van der Waals surface area contributed by atoms with Crippen molar-refractivity contribution in [2.45, 2.75) is 5.88 Å². The van der Waals surface area contributed by atoms with Gasteiger partial charge in [0.25, 0.3) is 0 Å². The molecule has 0 aliphatic rings. The lowest BCUT2D eigenvalue weighted by Gasteiger charge is -2.11. The Bertz CT molecular complexity index is 508. The number of hydrogen-bond donors (Lipinski definition) is 0. The first-order chi connectivity index (χ1) is 8.26. The molecule has 0 aliphatic carbocycles. The molecule has 0 saturated carbocycles. The van der Waals surface area contributed by atoms with Crippen LogP contribution in [0.3, 0.4) is 0 Å². The fourth-order valence-corrected chi connectivity index (χ4v) is 3.04. The molecule has 2 rings (SSSR count). The molecular weight excluding hydrogens is 248 g/mol. The molecule has 2 aromatic carbocycles. The minimum Gasteiger partial charge on any atom is -0.497 e. The van der Waals surface area contributed by atoms with Crippen LogP contribution >= 0.6 is 11.6 Å². The van der Waals surface area contributed by atoms with Gasteiger partial charge < -0.3 is 4.74 Å². The van der Waals surface area contributed by atoms with Crippen LogP contribution in [0.25, 0.3) is 11.1 Å². The number of hydrogen-bond acceptors (Lipinski definition) is 1. The van der Waals surface area contributed by atoms with Crippen LogP contribution in [-0.2, 0) is 5.88 Å². The molecule has 0 bridgehead atoms. The van der Waals surface area contributed by atoms with Crippen molar-refractivity contribution < 1.29 is 4.74 Å². The number of benzene rings is 2. The Hall–Kier alpha value is -1.25. The molecule has 0 amide bonds. The zero-order chi connectivity index (χ0) is 12.3. The molecule has 0 aromatic heterocycles. The number of alkyl halides is 1. The highest BCUT2D eigenvalue weighted by molar-refractivity contribution is 6.36. The molecule has 17 heavy (non-hydrogen) atoms. The summed E-state index contributed by atoms with van der Waals surface area (Å²) in [5.74, 6) is 1.43. The van der Waals surface area contributed by atoms with Crippen LogP contribution in [0.15, 0.2) is 42.5 Å². The molecular formula is C14H15ClOSi. The highest BCUT2D eigenvalue weighted by Gasteiger charge is 2.07. The average Bonchev–Trinajstić information content (AvgIpc) is 2.38. The summed E-state index contributed by atoms with van der Waals surface area (Å²) < 4.78 is 5.17. The third-order valence-electron chi connectivity index (χ3n) is 2.88. The maximum absolute atomic E-state index is 6.00. The fourth-order valence-electron chi connectivity index (χ4n) is 2.01. The number of ether oxygens (including phenoxy) is 1. The second-order valence-electron chi connectivity index (χ2n) is 3.97. The van der Waals surface area contributed by atoms with Crippen molar-refractivity contribution in [3.8, 4) is 16.9 Å². The molecule has 0 N–H and O–H groups in total. The van der Waals surface area contributed by atoms with Crippen molar-refractivity contribution in [3.05, 3.63) is 48.0 Å². The first-order valence-corrected chi connectivity index (χ1v) is 7.08. The lowest BCUT2D eigenvalue weighted by atomic mass is 10.0. The van der Waals surface area contributed by atoms with Gasteiger partial charge in [-0.05, 0) is 28.8 Å². The molecule has 1 nitrogen and oxygen atoms in total. The molecule has 0 aliphatic heterocycles. The Morgan fingerprint density at radius 2 is 1.82 bits per heavy atom. The van der Waals surface area contributed by atoms with Gasteiger partial charge in [0.15, 0.2) is 0 Å². The van der Waals surface area contributed by atoms with Crippen molar-refractivity contribution >= 4 is 27.0 Å². The predicted octanol–water partition coefficient (Wildman–Crippen LogP) is 2.09. The van der Waals surface area contributed by atoms with Gasteiger partial charge in [-0.15, -0.1) is 11.6 Å². The van der Waals surface area contributed by atoms with E-state index in [1.165, 1.54) is 21.9 Å². The molecule has 2 aromatic rings. The quantitative estimate of drug-likeness (QED) is 0.608. The second-order valence-corrected chi connectivity index (χ2v) is 5.32. The van der Waals surface area contributed by atoms with Crippen LogP contribution in [0.2, 0.25) is 0 Å². The summed E-state index contributed by atoms with van der Waals surface area (Å²) in [6.07, 6.45) is 0. The van der Waals surface area contributed by atoms with E-state index in [4.69, 9.17) is 16.3 Å². The monoisotopic (exact) mass is 262 g/mol. The molecule has 3 heteroatoms. The Morgan fingerprint density at radius 3 is 2.41 bits per heavy atom. The molecule has 0 saturated heterocycles. The summed E-state index contributed by atoms with van der Waals surface area (Å²) in [7, 11) is 2.70. The lowest BCUT2D eigenvalue weighted by molar-refractivity contribution is 0.415. The van der Waals surface area contributed by atoms with Gasteiger partial charge in [-0.2, -0.15) is 0 Å². The number of methoxy groups -OCH3 is 1. The summed E-state index contributed by atoms with van der Waals surface area (Å²) in [5, 5.41) is 1.38. The Kier molecular flexibility index (Phi) is 3.87. The SMILES string of the molecule is COc1ccc(-c2c([SiH3])cccc2CCl)cc1. The Morgan fingerprint density at radius 1 is 1.12 bits per heavy atom. The minimum atomic E-state index is 0.553. The highest BCUT2D eigenvalue weighted by Crippen LogP contribution is 2.25. The van der Waals surface area contributed by atoms with E-state index in [1.54, 1.807) is 7.11 Å². The van der Waals surface area contributed by atoms with Crippen LogP contribution in [0, 0.1) is 0 Å². The summed E-state index contributed by atoms with van der Waals surface area (Å²) in [6.45, 7) is 0. The highest BCUT2D eigenvalue weighted by atomic mass is 35.5. The van der Waals surface area contributed by atoms with E-state index >= 15 is 0 Å². The molecule has 0 spiro atoms. The van der Waals surface area contributed by atoms with Gasteiger partial charge in [-0.3, -0.25) is 0 Å². The van der Waals surface area contributed by atoms with Gasteiger partial charge >= 0.3 is 0 Å². The summed E-state index contributed by atoms with van der Waals surface area (Å²) in [6, 6.07) is 14.5. The van der Waals surface area contributed by atoms with Crippen molar-refractivity contribution in [1.82, 2.24) is 0 Å². The lowest BCUT2D eigenvalue weighted by Crippen LogP contribution is -2.08. The minimum absolute atomic E-state index is 0.553. The molecule has 0 unspecified atom stereocenters. The van der Waals surface area contributed by atoms with E-state index < -0.39 is 0 Å². The number of halogens is 1. The topological polar surface area (TPSA) is 9.23 Å². The first kappa shape index (κ1) is 12.2. The maximum Gasteiger partial charge on any atom is 0.118 e. The van der Waals surface area contributed by atoms with Gasteiger partial charge in [0.1, 0.15) is 5.75 Å². The fraction of sp³-hybridized carbons (Fsp3) is 0.143. The average molecular weight is 263 g/mol. The van der Waals surface area contributed by atoms with E-state index in [-0.39, 0.29) is 0 Å². The van der Waals surface area contributed by atoms with Crippen LogP contribution < -0.4 is 9.92 Å². The van der Waals surface area contributed by atoms with Crippen LogP contribution in [-0.4, -0.2) is 17.4 Å². The van der Waals surface area contributed by atoms with E-state index in [2.05, 4.69) is 30.3 Å². The number of rotatable bonds is 3. The Balaban J connectivity index is 2.51. The van der Waals surface area contributed by atoms with Crippen LogP contribution in [0.1, 0.15) is 5.56 Å². The smallest absolute Gasteiger partial charge is 0.118 e. The molecule has 0 fully saturated rings. The van der Waals surface area contributed by atoms with Crippen molar-refractivity contribution in [2.75, 3.05) is 7.11 Å². The van der Waals surface area contributed by atoms with Gasteiger partial charge in [0.05, 0.1) is 7.11 Å². The molecule has 88 valence electrons. The maximum atomic E-state index is 6.00. The second kappa shape index (κ2) is 5.39. The molecule has 0 radical (unpaired) electrons. The van der Waals surface area contributed by atoms with Crippen molar-refractivity contribution in [1.29, 1.82) is 0 Å². The van der Waals surface area contributed by atoms with Gasteiger partial charge in [0.2, 0.25) is 0 Å². The van der Waals surface area contributed by atoms with Gasteiger partial charge in [-0.25, -0.2) is 0 Å². The summed E-state index contributed by atoms with van der Waals surface area (Å²) in [4.78, 5) is 0. The van der Waals surface area contributed by atoms with Crippen LogP contribution in [0.4, 0.5) is 0 Å². The van der Waals surface area contributed by atoms with Gasteiger partial charge in [0, 0.05) is 16.1 Å². The van der Waals surface area contributed by atoms with Crippen molar-refractivity contribution in [3.63, 3.8) is 0 Å². The Labute approximate surface area is 110 Å². The van der Waals surface area contributed by atoms with E-state index in [0.29, 0.717) is 5.88 Å². The molecule has 0 atom stereocenters. The zero-order valence-corrected chi connectivity index (χ0v) is 12.8. The predicted molar refractivity (Wildman–Crippen MR) is 77.6 cm³/mol. The van der Waals surface area contributed by atoms with E-state index in [9.17, 15) is 0 Å². The van der Waals surface area contributed by atoms with Crippen molar-refractivity contribution in [2.24, 2.45) is 0 Å². The third-order valence-corrected chi connectivity index (χ3v) is 4.00. The van der Waals surface area contributed by atoms with E-state index in [1.807, 2.05) is 12.1 Å². The normalized spacial score (nSPS) is 10.5. The van der Waals surface area contributed by atoms with E-state index in [0.717, 1.165) is 16.0 Å². The standard InChI is InChI=1S/C14H15ClOSi/c1-16-12-7-5-10(6-8-12)14-11(9-15)3-2-4-13(14)17/h2-8H,9H2,1,17H3. The third kappa shape index (κ3) is 2.53. The summed E-state index contributed by atoms with van der Waals surface area (Å²) >= 11 is 6.00. The first-order valence-electron chi connectivity index (χ1n) is 5.55. The largest absolute Gasteiger partial charge is 0.497 e. The van der Waals surface area contributed by atoms with Gasteiger partial charge in [-0.1, -0.05) is 35.5 Å². The van der Waals surface area contributed by atoms with Crippen LogP contribution in [0.5, 0.6) is 5.75 Å². The summed E-state index contributed by atoms with van der Waals surface area (Å²) in [5.41, 5.74) is 3.70. The molecule has 0 heterocycles. The zero-order valence-electron chi connectivity index (χ0n) is 10.0.